The van der Waals surface area contributed by atoms with Gasteiger partial charge in [0.15, 0.2) is 5.78 Å². The molecule has 5 rings (SSSR count). The molecule has 1 amide bonds. The predicted octanol–water partition coefficient (Wildman–Crippen LogP) is 6.09. The monoisotopic (exact) mass is 486 g/mol. The number of benzene rings is 3. The van der Waals surface area contributed by atoms with E-state index < -0.39 is 10.7 Å². The summed E-state index contributed by atoms with van der Waals surface area (Å²) in [6.45, 7) is 0.386. The second kappa shape index (κ2) is 9.23. The maximum atomic E-state index is 14.0. The number of nitro groups is 1. The van der Waals surface area contributed by atoms with E-state index in [1.807, 2.05) is 30.3 Å². The number of hydrogen-bond donors (Lipinski definition) is 0. The van der Waals surface area contributed by atoms with Gasteiger partial charge in [-0.1, -0.05) is 36.4 Å². The Bertz CT molecular complexity index is 1460. The van der Waals surface area contributed by atoms with Gasteiger partial charge in [0, 0.05) is 41.1 Å². The Labute approximate surface area is 204 Å². The summed E-state index contributed by atoms with van der Waals surface area (Å²) in [7, 11) is 0. The fourth-order valence-corrected chi connectivity index (χ4v) is 5.41. The van der Waals surface area contributed by atoms with Gasteiger partial charge in [-0.2, -0.15) is 0 Å². The molecular weight excluding hydrogens is 467 g/mol. The lowest BCUT2D eigenvalue weighted by Gasteiger charge is -2.23. The first kappa shape index (κ1) is 22.6. The molecule has 0 saturated heterocycles. The molecule has 1 aliphatic rings. The largest absolute Gasteiger partial charge is 0.307 e. The fourth-order valence-electron chi connectivity index (χ4n) is 4.23. The third-order valence-electron chi connectivity index (χ3n) is 6.01. The number of carbonyl (C=O) groups excluding carboxylic acids is 2. The molecule has 0 radical (unpaired) electrons. The van der Waals surface area contributed by atoms with Gasteiger partial charge >= 0.3 is 0 Å². The van der Waals surface area contributed by atoms with Crippen molar-refractivity contribution in [1.82, 2.24) is 0 Å². The number of halogens is 1. The molecule has 6 nitrogen and oxygen atoms in total. The molecule has 0 unspecified atom stereocenters. The maximum Gasteiger partial charge on any atom is 0.269 e. The molecule has 174 valence electrons. The van der Waals surface area contributed by atoms with E-state index in [2.05, 4.69) is 0 Å². The first-order valence-corrected chi connectivity index (χ1v) is 11.8. The molecule has 1 aliphatic heterocycles. The third-order valence-corrected chi connectivity index (χ3v) is 7.26. The van der Waals surface area contributed by atoms with E-state index in [0.29, 0.717) is 34.7 Å². The minimum absolute atomic E-state index is 0.0154. The van der Waals surface area contributed by atoms with Crippen molar-refractivity contribution < 1.29 is 18.9 Å². The van der Waals surface area contributed by atoms with Crippen molar-refractivity contribution in [2.24, 2.45) is 0 Å². The van der Waals surface area contributed by atoms with E-state index in [1.165, 1.54) is 41.7 Å². The van der Waals surface area contributed by atoms with Crippen LogP contribution in [0.25, 0.3) is 10.4 Å². The number of rotatable bonds is 5. The second-order valence-electron chi connectivity index (χ2n) is 8.18. The van der Waals surface area contributed by atoms with Gasteiger partial charge in [0.2, 0.25) is 0 Å². The highest BCUT2D eigenvalue weighted by atomic mass is 32.1. The van der Waals surface area contributed by atoms with Crippen LogP contribution in [0.5, 0.6) is 0 Å². The number of para-hydroxylation sites is 1. The standard InChI is InChI=1S/C27H19FN2O4S/c28-22-7-3-1-5-18(22)15-24(31)25-16-19-13-14-29(23-8-4-2-6-21(23)26(19)35-25)27(32)17-9-11-20(12-10-17)30(33)34/h1-12,16H,13-15H2. The highest BCUT2D eigenvalue weighted by Crippen LogP contribution is 2.42. The van der Waals surface area contributed by atoms with Crippen molar-refractivity contribution in [1.29, 1.82) is 0 Å². The normalized spacial score (nSPS) is 12.4. The SMILES string of the molecule is O=C(Cc1ccccc1F)c1cc2c(s1)-c1ccccc1N(C(=O)c1ccc([N+](=O)[O-])cc1)CC2. The van der Waals surface area contributed by atoms with Gasteiger partial charge < -0.3 is 4.90 Å². The Morgan fingerprint density at radius 1 is 1.00 bits per heavy atom. The number of thiophene rings is 1. The number of amides is 1. The highest BCUT2D eigenvalue weighted by Gasteiger charge is 2.27. The van der Waals surface area contributed by atoms with Crippen molar-refractivity contribution >= 4 is 34.4 Å². The number of anilines is 1. The number of fused-ring (bicyclic) bond motifs is 3. The smallest absolute Gasteiger partial charge is 0.269 e. The van der Waals surface area contributed by atoms with Crippen LogP contribution in [-0.2, 0) is 12.8 Å². The van der Waals surface area contributed by atoms with Gasteiger partial charge in [-0.25, -0.2) is 4.39 Å². The first-order chi connectivity index (χ1) is 16.9. The molecular formula is C27H19FN2O4S. The van der Waals surface area contributed by atoms with Crippen molar-refractivity contribution in [2.45, 2.75) is 12.8 Å². The van der Waals surface area contributed by atoms with Gasteiger partial charge in [0.1, 0.15) is 5.82 Å². The molecule has 0 spiro atoms. The molecule has 2 heterocycles. The molecule has 0 fully saturated rings. The van der Waals surface area contributed by atoms with E-state index in [4.69, 9.17) is 0 Å². The van der Waals surface area contributed by atoms with Crippen LogP contribution < -0.4 is 4.90 Å². The topological polar surface area (TPSA) is 80.5 Å². The molecule has 8 heteroatoms. The summed E-state index contributed by atoms with van der Waals surface area (Å²) < 4.78 is 14.0. The van der Waals surface area contributed by atoms with Gasteiger partial charge in [-0.3, -0.25) is 19.7 Å². The van der Waals surface area contributed by atoms with Crippen LogP contribution in [-0.4, -0.2) is 23.2 Å². The van der Waals surface area contributed by atoms with E-state index in [9.17, 15) is 24.1 Å². The molecule has 1 aromatic heterocycles. The molecule has 0 N–H and O–H groups in total. The first-order valence-electron chi connectivity index (χ1n) is 11.0. The summed E-state index contributed by atoms with van der Waals surface area (Å²) in [5.74, 6) is -0.799. The Hall–Kier alpha value is -4.17. The molecule has 35 heavy (non-hydrogen) atoms. The Morgan fingerprint density at radius 2 is 1.71 bits per heavy atom. The van der Waals surface area contributed by atoms with Gasteiger partial charge in [0.05, 0.1) is 15.5 Å². The number of Topliss-reactive ketones (excluding diaryl/α,β-unsaturated/α-hetero) is 1. The number of nitro benzene ring substituents is 1. The average Bonchev–Trinajstić information content (AvgIpc) is 3.23. The summed E-state index contributed by atoms with van der Waals surface area (Å²) in [6, 6.07) is 21.2. The zero-order chi connectivity index (χ0) is 24.5. The molecule has 0 aliphatic carbocycles. The fraction of sp³-hybridized carbons (Fsp3) is 0.111. The third kappa shape index (κ3) is 4.36. The number of carbonyl (C=O) groups is 2. The van der Waals surface area contributed by atoms with E-state index in [0.717, 1.165) is 16.0 Å². The van der Waals surface area contributed by atoms with Crippen LogP contribution in [0.2, 0.25) is 0 Å². The molecule has 0 bridgehead atoms. The molecule has 0 saturated carbocycles. The van der Waals surface area contributed by atoms with E-state index >= 15 is 0 Å². The predicted molar refractivity (Wildman–Crippen MR) is 133 cm³/mol. The lowest BCUT2D eigenvalue weighted by Crippen LogP contribution is -2.32. The summed E-state index contributed by atoms with van der Waals surface area (Å²) >= 11 is 1.35. The van der Waals surface area contributed by atoms with Crippen LogP contribution >= 0.6 is 11.3 Å². The van der Waals surface area contributed by atoms with Crippen molar-refractivity contribution in [3.8, 4) is 10.4 Å². The summed E-state index contributed by atoms with van der Waals surface area (Å²) in [5, 5.41) is 11.0. The zero-order valence-corrected chi connectivity index (χ0v) is 19.3. The Morgan fingerprint density at radius 3 is 2.46 bits per heavy atom. The number of hydrogen-bond acceptors (Lipinski definition) is 5. The lowest BCUT2D eigenvalue weighted by molar-refractivity contribution is -0.384. The summed E-state index contributed by atoms with van der Waals surface area (Å²) in [4.78, 5) is 39.9. The highest BCUT2D eigenvalue weighted by molar-refractivity contribution is 7.17. The number of ketones is 1. The summed E-state index contributed by atoms with van der Waals surface area (Å²) in [6.07, 6.45) is 0.519. The lowest BCUT2D eigenvalue weighted by atomic mass is 10.0. The van der Waals surface area contributed by atoms with Crippen molar-refractivity contribution in [2.75, 3.05) is 11.4 Å². The van der Waals surface area contributed by atoms with Crippen LogP contribution in [0.3, 0.4) is 0 Å². The maximum absolute atomic E-state index is 14.0. The van der Waals surface area contributed by atoms with Crippen molar-refractivity contribution in [3.05, 3.63) is 116 Å². The number of nitrogens with zero attached hydrogens (tertiary/aromatic N) is 2. The average molecular weight is 487 g/mol. The van der Waals surface area contributed by atoms with Crippen LogP contribution in [0.1, 0.15) is 31.2 Å². The Balaban J connectivity index is 1.46. The second-order valence-corrected chi connectivity index (χ2v) is 9.24. The van der Waals surface area contributed by atoms with Gasteiger partial charge in [0.25, 0.3) is 11.6 Å². The molecule has 0 atom stereocenters. The minimum atomic E-state index is -0.501. The van der Waals surface area contributed by atoms with Gasteiger partial charge in [-0.15, -0.1) is 11.3 Å². The molecule has 3 aromatic carbocycles. The Kier molecular flexibility index (Phi) is 5.96. The number of non-ortho nitro benzene ring substituents is 1. The summed E-state index contributed by atoms with van der Waals surface area (Å²) in [5.41, 5.74) is 3.15. The van der Waals surface area contributed by atoms with Crippen molar-refractivity contribution in [3.63, 3.8) is 0 Å². The zero-order valence-electron chi connectivity index (χ0n) is 18.4. The van der Waals surface area contributed by atoms with Gasteiger partial charge in [-0.05, 0) is 47.9 Å². The van der Waals surface area contributed by atoms with E-state index in [-0.39, 0.29) is 23.8 Å². The van der Waals surface area contributed by atoms with E-state index in [1.54, 1.807) is 23.1 Å². The van der Waals surface area contributed by atoms with Crippen LogP contribution in [0, 0.1) is 15.9 Å². The quantitative estimate of drug-likeness (QED) is 0.194. The van der Waals surface area contributed by atoms with Crippen LogP contribution in [0.15, 0.2) is 78.9 Å². The van der Waals surface area contributed by atoms with Crippen LogP contribution in [0.4, 0.5) is 15.8 Å². The minimum Gasteiger partial charge on any atom is -0.307 e. The molecule has 4 aromatic rings.